The van der Waals surface area contributed by atoms with Gasteiger partial charge < -0.3 is 10.8 Å². The number of hydrogen-bond donors (Lipinski definition) is 2. The van der Waals surface area contributed by atoms with E-state index in [9.17, 15) is 9.50 Å². The van der Waals surface area contributed by atoms with Crippen LogP contribution in [0.3, 0.4) is 0 Å². The number of aliphatic hydroxyl groups excluding tert-OH is 1. The molecule has 0 heterocycles. The van der Waals surface area contributed by atoms with Crippen LogP contribution in [0.15, 0.2) is 18.2 Å². The predicted octanol–water partition coefficient (Wildman–Crippen LogP) is 3.31. The molecule has 98 valence electrons. The van der Waals surface area contributed by atoms with Gasteiger partial charge in [0.1, 0.15) is 5.82 Å². The van der Waals surface area contributed by atoms with Gasteiger partial charge in [0.25, 0.3) is 0 Å². The molecular weight excluding hydrogens is 264 g/mol. The lowest BCUT2D eigenvalue weighted by atomic mass is 9.82. The maximum atomic E-state index is 13.0. The van der Waals surface area contributed by atoms with Crippen molar-refractivity contribution in [3.8, 4) is 0 Å². The molecule has 0 bridgehead atoms. The zero-order chi connectivity index (χ0) is 12.5. The van der Waals surface area contributed by atoms with E-state index in [0.29, 0.717) is 5.56 Å². The first-order chi connectivity index (χ1) is 7.23. The second-order valence-electron chi connectivity index (χ2n) is 5.01. The second-order valence-corrected chi connectivity index (χ2v) is 5.42. The molecule has 1 aromatic carbocycles. The lowest BCUT2D eigenvalue weighted by Gasteiger charge is -2.31. The molecule has 2 atom stereocenters. The Hall–Kier alpha value is -0.350. The highest BCUT2D eigenvalue weighted by Crippen LogP contribution is 2.30. The Morgan fingerprint density at radius 3 is 2.29 bits per heavy atom. The zero-order valence-corrected chi connectivity index (χ0v) is 11.6. The highest BCUT2D eigenvalue weighted by Gasteiger charge is 2.29. The minimum absolute atomic E-state index is 0. The van der Waals surface area contributed by atoms with Crippen LogP contribution in [0.1, 0.15) is 32.4 Å². The first-order valence-electron chi connectivity index (χ1n) is 5.12. The Morgan fingerprint density at radius 2 is 1.88 bits per heavy atom. The molecule has 0 aliphatic heterocycles. The van der Waals surface area contributed by atoms with Gasteiger partial charge in [0.15, 0.2) is 0 Å². The highest BCUT2D eigenvalue weighted by molar-refractivity contribution is 6.30. The van der Waals surface area contributed by atoms with E-state index >= 15 is 0 Å². The molecule has 0 radical (unpaired) electrons. The predicted molar refractivity (Wildman–Crippen MR) is 71.0 cm³/mol. The molecular formula is C12H18Cl2FNO. The van der Waals surface area contributed by atoms with Gasteiger partial charge in [-0.25, -0.2) is 4.39 Å². The fraction of sp³-hybridized carbons (Fsp3) is 0.500. The SMILES string of the molecule is CC(C)(C)[C@H](O)[C@H](N)c1ccc(F)c(Cl)c1.Cl. The summed E-state index contributed by atoms with van der Waals surface area (Å²) in [4.78, 5) is 0. The molecule has 0 amide bonds. The maximum Gasteiger partial charge on any atom is 0.141 e. The summed E-state index contributed by atoms with van der Waals surface area (Å²) in [6.45, 7) is 5.67. The van der Waals surface area contributed by atoms with Crippen LogP contribution in [0.5, 0.6) is 0 Å². The topological polar surface area (TPSA) is 46.2 Å². The molecule has 17 heavy (non-hydrogen) atoms. The van der Waals surface area contributed by atoms with Crippen LogP contribution < -0.4 is 5.73 Å². The van der Waals surface area contributed by atoms with Crippen LogP contribution in [0.4, 0.5) is 4.39 Å². The number of hydrogen-bond acceptors (Lipinski definition) is 2. The average Bonchev–Trinajstić information content (AvgIpc) is 2.18. The lowest BCUT2D eigenvalue weighted by molar-refractivity contribution is 0.0401. The molecule has 0 aliphatic rings. The monoisotopic (exact) mass is 281 g/mol. The molecule has 1 rings (SSSR count). The molecule has 0 saturated carbocycles. The third-order valence-electron chi connectivity index (χ3n) is 2.56. The van der Waals surface area contributed by atoms with Gasteiger partial charge in [-0.3, -0.25) is 0 Å². The third kappa shape index (κ3) is 4.11. The van der Waals surface area contributed by atoms with Gasteiger partial charge in [-0.1, -0.05) is 38.4 Å². The molecule has 0 fully saturated rings. The largest absolute Gasteiger partial charge is 0.391 e. The average molecular weight is 282 g/mol. The second kappa shape index (κ2) is 6.01. The van der Waals surface area contributed by atoms with Crippen molar-refractivity contribution >= 4 is 24.0 Å². The normalized spacial score (nSPS) is 15.0. The number of benzene rings is 1. The van der Waals surface area contributed by atoms with Crippen molar-refractivity contribution in [2.45, 2.75) is 32.9 Å². The zero-order valence-electron chi connectivity index (χ0n) is 10.1. The molecule has 0 aliphatic carbocycles. The molecule has 0 unspecified atom stereocenters. The van der Waals surface area contributed by atoms with Gasteiger partial charge in [-0.05, 0) is 23.1 Å². The van der Waals surface area contributed by atoms with Gasteiger partial charge in [0, 0.05) is 0 Å². The smallest absolute Gasteiger partial charge is 0.141 e. The molecule has 2 nitrogen and oxygen atoms in total. The Morgan fingerprint density at radius 1 is 1.35 bits per heavy atom. The summed E-state index contributed by atoms with van der Waals surface area (Å²) in [7, 11) is 0. The van der Waals surface area contributed by atoms with E-state index in [1.165, 1.54) is 12.1 Å². The van der Waals surface area contributed by atoms with Crippen LogP contribution in [0, 0.1) is 11.2 Å². The summed E-state index contributed by atoms with van der Waals surface area (Å²) in [5, 5.41) is 10.0. The number of halogens is 3. The first-order valence-corrected chi connectivity index (χ1v) is 5.50. The van der Waals surface area contributed by atoms with Crippen LogP contribution >= 0.6 is 24.0 Å². The van der Waals surface area contributed by atoms with E-state index < -0.39 is 18.0 Å². The van der Waals surface area contributed by atoms with Crippen molar-refractivity contribution in [3.63, 3.8) is 0 Å². The molecule has 3 N–H and O–H groups in total. The Labute approximate surface area is 112 Å². The number of nitrogens with two attached hydrogens (primary N) is 1. The van der Waals surface area contributed by atoms with Crippen LogP contribution in [0.2, 0.25) is 5.02 Å². The minimum Gasteiger partial charge on any atom is -0.391 e. The van der Waals surface area contributed by atoms with Gasteiger partial charge in [0.05, 0.1) is 17.2 Å². The fourth-order valence-electron chi connectivity index (χ4n) is 1.44. The molecule has 5 heteroatoms. The van der Waals surface area contributed by atoms with Gasteiger partial charge in [0.2, 0.25) is 0 Å². The Balaban J connectivity index is 0.00000256. The number of rotatable bonds is 2. The van der Waals surface area contributed by atoms with Gasteiger partial charge >= 0.3 is 0 Å². The maximum absolute atomic E-state index is 13.0. The van der Waals surface area contributed by atoms with Crippen LogP contribution in [-0.2, 0) is 0 Å². The lowest BCUT2D eigenvalue weighted by Crippen LogP contribution is -2.36. The van der Waals surface area contributed by atoms with Crippen molar-refractivity contribution in [1.82, 2.24) is 0 Å². The standard InChI is InChI=1S/C12H17ClFNO.ClH/c1-12(2,3)11(16)10(15)7-4-5-9(14)8(13)6-7;/h4-6,10-11,16H,15H2,1-3H3;1H/t10-,11-;/m1./s1. The van der Waals surface area contributed by atoms with Crippen molar-refractivity contribution in [3.05, 3.63) is 34.6 Å². The summed E-state index contributed by atoms with van der Waals surface area (Å²) in [6, 6.07) is 3.68. The fourth-order valence-corrected chi connectivity index (χ4v) is 1.63. The summed E-state index contributed by atoms with van der Waals surface area (Å²) in [5.41, 5.74) is 6.21. The van der Waals surface area contributed by atoms with Crippen LogP contribution in [-0.4, -0.2) is 11.2 Å². The van der Waals surface area contributed by atoms with E-state index in [1.54, 1.807) is 6.07 Å². The first kappa shape index (κ1) is 16.6. The van der Waals surface area contributed by atoms with E-state index in [-0.39, 0.29) is 22.8 Å². The minimum atomic E-state index is -0.714. The van der Waals surface area contributed by atoms with Crippen molar-refractivity contribution in [1.29, 1.82) is 0 Å². The molecule has 0 saturated heterocycles. The quantitative estimate of drug-likeness (QED) is 0.874. The summed E-state index contributed by atoms with van der Waals surface area (Å²) in [6.07, 6.45) is -0.714. The van der Waals surface area contributed by atoms with Crippen molar-refractivity contribution < 1.29 is 9.50 Å². The number of aliphatic hydroxyl groups is 1. The Kier molecular flexibility index (Phi) is 5.88. The van der Waals surface area contributed by atoms with E-state index in [2.05, 4.69) is 0 Å². The van der Waals surface area contributed by atoms with Crippen LogP contribution in [0.25, 0.3) is 0 Å². The van der Waals surface area contributed by atoms with E-state index in [0.717, 1.165) is 0 Å². The summed E-state index contributed by atoms with van der Waals surface area (Å²) >= 11 is 5.66. The van der Waals surface area contributed by atoms with Crippen molar-refractivity contribution in [2.75, 3.05) is 0 Å². The van der Waals surface area contributed by atoms with E-state index in [1.807, 2.05) is 20.8 Å². The summed E-state index contributed by atoms with van der Waals surface area (Å²) < 4.78 is 13.0. The van der Waals surface area contributed by atoms with Gasteiger partial charge in [-0.2, -0.15) is 0 Å². The summed E-state index contributed by atoms with van der Waals surface area (Å²) in [5.74, 6) is -0.483. The van der Waals surface area contributed by atoms with E-state index in [4.69, 9.17) is 17.3 Å². The molecule has 1 aromatic rings. The highest BCUT2D eigenvalue weighted by atomic mass is 35.5. The third-order valence-corrected chi connectivity index (χ3v) is 2.85. The molecule has 0 spiro atoms. The Bertz CT molecular complexity index is 379. The van der Waals surface area contributed by atoms with Crippen molar-refractivity contribution in [2.24, 2.45) is 11.1 Å². The molecule has 0 aromatic heterocycles. The van der Waals surface area contributed by atoms with Gasteiger partial charge in [-0.15, -0.1) is 12.4 Å².